The number of ether oxygens (including phenoxy) is 1. The molecule has 3 aromatic rings. The highest BCUT2D eigenvalue weighted by Crippen LogP contribution is 2.23. The number of anilines is 1. The fraction of sp³-hybridized carbons (Fsp3) is 0.182. The van der Waals surface area contributed by atoms with Gasteiger partial charge in [0.15, 0.2) is 5.16 Å². The molecule has 0 radical (unpaired) electrons. The number of carbonyl (C=O) groups excluding carboxylic acids is 2. The van der Waals surface area contributed by atoms with Gasteiger partial charge < -0.3 is 15.4 Å². The second-order valence-corrected chi connectivity index (χ2v) is 7.47. The Morgan fingerprint density at radius 1 is 1.10 bits per heavy atom. The molecule has 0 spiro atoms. The number of benzene rings is 2. The Morgan fingerprint density at radius 3 is 2.55 bits per heavy atom. The van der Waals surface area contributed by atoms with Crippen molar-refractivity contribution in [2.45, 2.75) is 11.7 Å². The van der Waals surface area contributed by atoms with Crippen LogP contribution in [0.2, 0.25) is 0 Å². The predicted molar refractivity (Wildman–Crippen MR) is 119 cm³/mol. The van der Waals surface area contributed by atoms with Gasteiger partial charge in [0.1, 0.15) is 11.3 Å². The lowest BCUT2D eigenvalue weighted by molar-refractivity contribution is -0.118. The van der Waals surface area contributed by atoms with Crippen LogP contribution in [0.4, 0.5) is 5.69 Å². The lowest BCUT2D eigenvalue weighted by Crippen LogP contribution is -2.30. The summed E-state index contributed by atoms with van der Waals surface area (Å²) < 4.78 is 6.46. The van der Waals surface area contributed by atoms with Crippen LogP contribution in [0.3, 0.4) is 0 Å². The van der Waals surface area contributed by atoms with Gasteiger partial charge in [-0.3, -0.25) is 19.0 Å². The minimum absolute atomic E-state index is 0.0971. The molecule has 0 bridgehead atoms. The number of hydrogen-bond donors (Lipinski definition) is 2. The van der Waals surface area contributed by atoms with Crippen LogP contribution in [0.1, 0.15) is 15.9 Å². The monoisotopic (exact) mass is 438 g/mol. The number of amides is 2. The van der Waals surface area contributed by atoms with Gasteiger partial charge >= 0.3 is 0 Å². The van der Waals surface area contributed by atoms with Crippen LogP contribution in [0.25, 0.3) is 0 Å². The van der Waals surface area contributed by atoms with Crippen molar-refractivity contribution in [1.29, 1.82) is 0 Å². The third kappa shape index (κ3) is 5.73. The number of aromatic nitrogens is 2. The van der Waals surface area contributed by atoms with Gasteiger partial charge in [-0.2, -0.15) is 0 Å². The zero-order chi connectivity index (χ0) is 22.2. The van der Waals surface area contributed by atoms with Crippen LogP contribution in [0.15, 0.2) is 70.7 Å². The number of thioether (sulfide) groups is 1. The third-order valence-electron chi connectivity index (χ3n) is 4.39. The SMILES string of the molecule is COc1ccccc1NC(=O)c1cnc(SCC(=O)NCc2ccccc2)n(C)c1=O. The van der Waals surface area contributed by atoms with Crippen LogP contribution in [0, 0.1) is 0 Å². The molecule has 1 aromatic heterocycles. The number of para-hydroxylation sites is 2. The zero-order valence-electron chi connectivity index (χ0n) is 17.1. The Balaban J connectivity index is 1.62. The van der Waals surface area contributed by atoms with E-state index in [1.54, 1.807) is 24.3 Å². The molecule has 0 aliphatic heterocycles. The highest BCUT2D eigenvalue weighted by Gasteiger charge is 2.17. The summed E-state index contributed by atoms with van der Waals surface area (Å²) in [5.74, 6) is -0.190. The van der Waals surface area contributed by atoms with E-state index in [0.717, 1.165) is 17.3 Å². The molecule has 160 valence electrons. The summed E-state index contributed by atoms with van der Waals surface area (Å²) in [5, 5.41) is 5.82. The predicted octanol–water partition coefficient (Wildman–Crippen LogP) is 2.45. The smallest absolute Gasteiger partial charge is 0.266 e. The average Bonchev–Trinajstić information content (AvgIpc) is 2.79. The van der Waals surface area contributed by atoms with Crippen molar-refractivity contribution in [3.8, 4) is 5.75 Å². The van der Waals surface area contributed by atoms with E-state index in [4.69, 9.17) is 4.74 Å². The van der Waals surface area contributed by atoms with Gasteiger partial charge in [-0.1, -0.05) is 54.2 Å². The van der Waals surface area contributed by atoms with Crippen molar-refractivity contribution in [2.24, 2.45) is 7.05 Å². The lowest BCUT2D eigenvalue weighted by Gasteiger charge is -2.11. The normalized spacial score (nSPS) is 10.4. The number of hydrogen-bond acceptors (Lipinski definition) is 6. The van der Waals surface area contributed by atoms with Gasteiger partial charge in [0, 0.05) is 19.8 Å². The molecule has 0 atom stereocenters. The molecule has 9 heteroatoms. The van der Waals surface area contributed by atoms with Crippen molar-refractivity contribution in [3.63, 3.8) is 0 Å². The van der Waals surface area contributed by atoms with E-state index in [1.807, 2.05) is 30.3 Å². The number of rotatable bonds is 8. The number of nitrogens with one attached hydrogen (secondary N) is 2. The fourth-order valence-corrected chi connectivity index (χ4v) is 3.50. The highest BCUT2D eigenvalue weighted by atomic mass is 32.2. The van der Waals surface area contributed by atoms with Crippen molar-refractivity contribution >= 4 is 29.3 Å². The maximum Gasteiger partial charge on any atom is 0.266 e. The Bertz CT molecular complexity index is 1130. The van der Waals surface area contributed by atoms with Gasteiger partial charge in [0.2, 0.25) is 5.91 Å². The second-order valence-electron chi connectivity index (χ2n) is 6.52. The number of carbonyl (C=O) groups is 2. The van der Waals surface area contributed by atoms with Gasteiger partial charge in [-0.25, -0.2) is 4.98 Å². The second kappa shape index (κ2) is 10.4. The molecule has 2 N–H and O–H groups in total. The molecule has 0 aliphatic rings. The van der Waals surface area contributed by atoms with E-state index in [9.17, 15) is 14.4 Å². The average molecular weight is 439 g/mol. The Kier molecular flexibility index (Phi) is 7.45. The van der Waals surface area contributed by atoms with Crippen molar-refractivity contribution in [2.75, 3.05) is 18.2 Å². The summed E-state index contributed by atoms with van der Waals surface area (Å²) in [6.45, 7) is 0.425. The lowest BCUT2D eigenvalue weighted by atomic mass is 10.2. The minimum Gasteiger partial charge on any atom is -0.495 e. The summed E-state index contributed by atoms with van der Waals surface area (Å²) in [7, 11) is 3.01. The summed E-state index contributed by atoms with van der Waals surface area (Å²) in [4.78, 5) is 41.5. The van der Waals surface area contributed by atoms with Crippen LogP contribution in [-0.2, 0) is 18.4 Å². The first-order chi connectivity index (χ1) is 15.0. The molecule has 0 saturated carbocycles. The summed E-state index contributed by atoms with van der Waals surface area (Å²) in [6.07, 6.45) is 1.22. The van der Waals surface area contributed by atoms with Crippen molar-refractivity contribution < 1.29 is 14.3 Å². The molecular weight excluding hydrogens is 416 g/mol. The highest BCUT2D eigenvalue weighted by molar-refractivity contribution is 7.99. The molecule has 3 rings (SSSR count). The molecule has 2 amide bonds. The first-order valence-corrected chi connectivity index (χ1v) is 10.4. The molecule has 0 aliphatic carbocycles. The van der Waals surface area contributed by atoms with Crippen LogP contribution in [0.5, 0.6) is 5.75 Å². The van der Waals surface area contributed by atoms with E-state index >= 15 is 0 Å². The maximum absolute atomic E-state index is 12.6. The molecule has 2 aromatic carbocycles. The first-order valence-electron chi connectivity index (χ1n) is 9.43. The number of nitrogens with zero attached hydrogens (tertiary/aromatic N) is 2. The van der Waals surface area contributed by atoms with Crippen LogP contribution >= 0.6 is 11.8 Å². The summed E-state index contributed by atoms with van der Waals surface area (Å²) >= 11 is 1.12. The maximum atomic E-state index is 12.6. The van der Waals surface area contributed by atoms with E-state index in [-0.39, 0.29) is 17.2 Å². The third-order valence-corrected chi connectivity index (χ3v) is 5.43. The molecular formula is C22H22N4O4S. The Labute approximate surface area is 183 Å². The molecule has 31 heavy (non-hydrogen) atoms. The van der Waals surface area contributed by atoms with E-state index < -0.39 is 11.5 Å². The molecule has 1 heterocycles. The van der Waals surface area contributed by atoms with Gasteiger partial charge in [0.25, 0.3) is 11.5 Å². The fourth-order valence-electron chi connectivity index (χ4n) is 2.73. The zero-order valence-corrected chi connectivity index (χ0v) is 17.9. The van der Waals surface area contributed by atoms with Gasteiger partial charge in [-0.05, 0) is 17.7 Å². The van der Waals surface area contributed by atoms with E-state index in [1.165, 1.54) is 24.9 Å². The quantitative estimate of drug-likeness (QED) is 0.414. The van der Waals surface area contributed by atoms with Crippen molar-refractivity contribution in [1.82, 2.24) is 14.9 Å². The summed E-state index contributed by atoms with van der Waals surface area (Å²) in [6, 6.07) is 16.5. The minimum atomic E-state index is -0.588. The molecule has 0 unspecified atom stereocenters. The van der Waals surface area contributed by atoms with Gasteiger partial charge in [0.05, 0.1) is 18.6 Å². The van der Waals surface area contributed by atoms with Crippen LogP contribution < -0.4 is 20.9 Å². The molecule has 0 saturated heterocycles. The van der Waals surface area contributed by atoms with E-state index in [2.05, 4.69) is 15.6 Å². The Hall–Kier alpha value is -3.59. The molecule has 8 nitrogen and oxygen atoms in total. The largest absolute Gasteiger partial charge is 0.495 e. The topological polar surface area (TPSA) is 102 Å². The van der Waals surface area contributed by atoms with Crippen molar-refractivity contribution in [3.05, 3.63) is 82.3 Å². The standard InChI is InChI=1S/C22H22N4O4S/c1-26-21(29)16(20(28)25-17-10-6-7-11-18(17)30-2)13-24-22(26)31-14-19(27)23-12-15-8-4-3-5-9-15/h3-11,13H,12,14H2,1-2H3,(H,23,27)(H,25,28). The van der Waals surface area contributed by atoms with Crippen LogP contribution in [-0.4, -0.2) is 34.2 Å². The number of methoxy groups -OCH3 is 1. The molecule has 0 fully saturated rings. The first kappa shape index (κ1) is 22.1. The Morgan fingerprint density at radius 2 is 1.81 bits per heavy atom. The van der Waals surface area contributed by atoms with E-state index in [0.29, 0.717) is 23.1 Å². The van der Waals surface area contributed by atoms with Gasteiger partial charge in [-0.15, -0.1) is 0 Å². The summed E-state index contributed by atoms with van der Waals surface area (Å²) in [5.41, 5.74) is 0.836.